The van der Waals surface area contributed by atoms with Crippen molar-refractivity contribution in [2.75, 3.05) is 6.54 Å². The third kappa shape index (κ3) is 8.57. The third-order valence-corrected chi connectivity index (χ3v) is 2.69. The quantitative estimate of drug-likeness (QED) is 0.614. The summed E-state index contributed by atoms with van der Waals surface area (Å²) in [6.07, 6.45) is 7.43. The number of carbonyl (C=O) groups excluding carboxylic acids is 1. The summed E-state index contributed by atoms with van der Waals surface area (Å²) in [5.41, 5.74) is -0.0918. The number of urea groups is 1. The fraction of sp³-hybridized carbons (Fsp3) is 0.923. The van der Waals surface area contributed by atoms with E-state index in [-0.39, 0.29) is 11.6 Å². The highest BCUT2D eigenvalue weighted by Crippen LogP contribution is 2.14. The lowest BCUT2D eigenvalue weighted by atomic mass is 9.96. The van der Waals surface area contributed by atoms with E-state index in [0.29, 0.717) is 6.54 Å². The van der Waals surface area contributed by atoms with Gasteiger partial charge in [0.25, 0.3) is 0 Å². The van der Waals surface area contributed by atoms with E-state index in [2.05, 4.69) is 31.4 Å². The molecule has 0 saturated heterocycles. The molecule has 0 atom stereocenters. The number of carbonyl (C=O) groups is 1. The smallest absolute Gasteiger partial charge is 0.315 e. The van der Waals surface area contributed by atoms with Gasteiger partial charge in [0, 0.05) is 12.1 Å². The molecular weight excluding hydrogens is 200 g/mol. The SMILES string of the molecule is CCCCCCCC(C)(C)NC(=O)NCC. The number of hydrogen-bond acceptors (Lipinski definition) is 1. The predicted molar refractivity (Wildman–Crippen MR) is 69.7 cm³/mol. The fourth-order valence-electron chi connectivity index (χ4n) is 1.75. The van der Waals surface area contributed by atoms with E-state index >= 15 is 0 Å². The van der Waals surface area contributed by atoms with E-state index in [1.165, 1.54) is 32.1 Å². The van der Waals surface area contributed by atoms with E-state index in [9.17, 15) is 4.79 Å². The van der Waals surface area contributed by atoms with Crippen LogP contribution in [-0.4, -0.2) is 18.1 Å². The lowest BCUT2D eigenvalue weighted by Crippen LogP contribution is -2.48. The standard InChI is InChI=1S/C13H28N2O/c1-5-7-8-9-10-11-13(3,4)15-12(16)14-6-2/h5-11H2,1-4H3,(H2,14,15,16). The average molecular weight is 228 g/mol. The second kappa shape index (κ2) is 8.43. The van der Waals surface area contributed by atoms with Gasteiger partial charge in [-0.15, -0.1) is 0 Å². The van der Waals surface area contributed by atoms with Crippen LogP contribution in [0.15, 0.2) is 0 Å². The third-order valence-electron chi connectivity index (χ3n) is 2.69. The van der Waals surface area contributed by atoms with Gasteiger partial charge in [-0.05, 0) is 27.2 Å². The molecule has 0 aliphatic heterocycles. The molecule has 0 aliphatic rings. The zero-order valence-electron chi connectivity index (χ0n) is 11.4. The molecular formula is C13H28N2O. The number of unbranched alkanes of at least 4 members (excludes halogenated alkanes) is 4. The normalized spacial score (nSPS) is 11.2. The summed E-state index contributed by atoms with van der Waals surface area (Å²) >= 11 is 0. The van der Waals surface area contributed by atoms with Gasteiger partial charge in [-0.3, -0.25) is 0 Å². The van der Waals surface area contributed by atoms with Crippen molar-refractivity contribution in [3.63, 3.8) is 0 Å². The number of rotatable bonds is 8. The van der Waals surface area contributed by atoms with Gasteiger partial charge in [0.05, 0.1) is 0 Å². The van der Waals surface area contributed by atoms with Crippen molar-refractivity contribution in [3.05, 3.63) is 0 Å². The molecule has 0 unspecified atom stereocenters. The molecule has 0 radical (unpaired) electrons. The van der Waals surface area contributed by atoms with Crippen molar-refractivity contribution < 1.29 is 4.79 Å². The van der Waals surface area contributed by atoms with Crippen LogP contribution in [0.1, 0.15) is 66.2 Å². The topological polar surface area (TPSA) is 41.1 Å². The second-order valence-corrected chi connectivity index (χ2v) is 5.03. The van der Waals surface area contributed by atoms with Crippen LogP contribution in [-0.2, 0) is 0 Å². The zero-order chi connectivity index (χ0) is 12.4. The highest BCUT2D eigenvalue weighted by molar-refractivity contribution is 5.74. The van der Waals surface area contributed by atoms with Gasteiger partial charge in [0.15, 0.2) is 0 Å². The molecule has 0 aromatic heterocycles. The van der Waals surface area contributed by atoms with E-state index in [1.54, 1.807) is 0 Å². The van der Waals surface area contributed by atoms with Crippen LogP contribution in [0.25, 0.3) is 0 Å². The summed E-state index contributed by atoms with van der Waals surface area (Å²) in [4.78, 5) is 11.4. The number of nitrogens with one attached hydrogen (secondary N) is 2. The van der Waals surface area contributed by atoms with Crippen molar-refractivity contribution in [1.29, 1.82) is 0 Å². The van der Waals surface area contributed by atoms with Crippen LogP contribution in [0, 0.1) is 0 Å². The maximum absolute atomic E-state index is 11.4. The first-order valence-corrected chi connectivity index (χ1v) is 6.58. The Hall–Kier alpha value is -0.730. The first kappa shape index (κ1) is 15.3. The van der Waals surface area contributed by atoms with Crippen LogP contribution in [0.5, 0.6) is 0 Å². The Morgan fingerprint density at radius 2 is 1.69 bits per heavy atom. The molecule has 0 aromatic carbocycles. The van der Waals surface area contributed by atoms with Crippen molar-refractivity contribution in [1.82, 2.24) is 10.6 Å². The Kier molecular flexibility index (Phi) is 8.04. The van der Waals surface area contributed by atoms with Crippen molar-refractivity contribution in [3.8, 4) is 0 Å². The lowest BCUT2D eigenvalue weighted by molar-refractivity contribution is 0.227. The Bertz CT molecular complexity index is 190. The van der Waals surface area contributed by atoms with Crippen LogP contribution >= 0.6 is 0 Å². The first-order chi connectivity index (χ1) is 7.52. The predicted octanol–water partition coefficient (Wildman–Crippen LogP) is 3.44. The van der Waals surface area contributed by atoms with Crippen molar-refractivity contribution in [2.24, 2.45) is 0 Å². The van der Waals surface area contributed by atoms with Crippen LogP contribution in [0.3, 0.4) is 0 Å². The summed E-state index contributed by atoms with van der Waals surface area (Å²) in [5.74, 6) is 0. The fourth-order valence-corrected chi connectivity index (χ4v) is 1.75. The zero-order valence-corrected chi connectivity index (χ0v) is 11.4. The molecule has 0 bridgehead atoms. The van der Waals surface area contributed by atoms with Crippen LogP contribution in [0.4, 0.5) is 4.79 Å². The highest BCUT2D eigenvalue weighted by atomic mass is 16.2. The Morgan fingerprint density at radius 3 is 2.25 bits per heavy atom. The van der Waals surface area contributed by atoms with Crippen molar-refractivity contribution in [2.45, 2.75) is 71.8 Å². The number of amides is 2. The van der Waals surface area contributed by atoms with Gasteiger partial charge >= 0.3 is 6.03 Å². The molecule has 0 heterocycles. The minimum atomic E-state index is -0.0918. The Morgan fingerprint density at radius 1 is 1.06 bits per heavy atom. The van der Waals surface area contributed by atoms with Gasteiger partial charge in [-0.2, -0.15) is 0 Å². The van der Waals surface area contributed by atoms with Crippen LogP contribution < -0.4 is 10.6 Å². The molecule has 3 nitrogen and oxygen atoms in total. The summed E-state index contributed by atoms with van der Waals surface area (Å²) in [6, 6.07) is -0.0546. The monoisotopic (exact) mass is 228 g/mol. The minimum Gasteiger partial charge on any atom is -0.338 e. The van der Waals surface area contributed by atoms with Gasteiger partial charge in [0.1, 0.15) is 0 Å². The van der Waals surface area contributed by atoms with E-state index in [1.807, 2.05) is 6.92 Å². The molecule has 3 heteroatoms. The second-order valence-electron chi connectivity index (χ2n) is 5.03. The van der Waals surface area contributed by atoms with Gasteiger partial charge in [-0.25, -0.2) is 4.79 Å². The van der Waals surface area contributed by atoms with E-state index in [4.69, 9.17) is 0 Å². The molecule has 0 fully saturated rings. The van der Waals surface area contributed by atoms with E-state index < -0.39 is 0 Å². The number of hydrogen-bond donors (Lipinski definition) is 2. The van der Waals surface area contributed by atoms with Crippen molar-refractivity contribution >= 4 is 6.03 Å². The minimum absolute atomic E-state index is 0.0546. The molecule has 2 amide bonds. The average Bonchev–Trinajstić information content (AvgIpc) is 2.16. The Labute approximate surface area is 100 Å². The largest absolute Gasteiger partial charge is 0.338 e. The summed E-state index contributed by atoms with van der Waals surface area (Å²) in [5, 5.41) is 5.76. The summed E-state index contributed by atoms with van der Waals surface area (Å²) in [6.45, 7) is 9.00. The molecule has 0 saturated carbocycles. The molecule has 2 N–H and O–H groups in total. The maximum Gasteiger partial charge on any atom is 0.315 e. The molecule has 0 rings (SSSR count). The molecule has 96 valence electrons. The van der Waals surface area contributed by atoms with Gasteiger partial charge in [0.2, 0.25) is 0 Å². The highest BCUT2D eigenvalue weighted by Gasteiger charge is 2.19. The van der Waals surface area contributed by atoms with Gasteiger partial charge in [-0.1, -0.05) is 39.0 Å². The molecule has 0 aromatic rings. The maximum atomic E-state index is 11.4. The summed E-state index contributed by atoms with van der Waals surface area (Å²) in [7, 11) is 0. The first-order valence-electron chi connectivity index (χ1n) is 6.58. The molecule has 0 aliphatic carbocycles. The molecule has 16 heavy (non-hydrogen) atoms. The molecule has 0 spiro atoms. The van der Waals surface area contributed by atoms with E-state index in [0.717, 1.165) is 6.42 Å². The summed E-state index contributed by atoms with van der Waals surface area (Å²) < 4.78 is 0. The lowest BCUT2D eigenvalue weighted by Gasteiger charge is -2.26. The van der Waals surface area contributed by atoms with Crippen LogP contribution in [0.2, 0.25) is 0 Å². The van der Waals surface area contributed by atoms with Gasteiger partial charge < -0.3 is 10.6 Å². The Balaban J connectivity index is 3.65.